The van der Waals surface area contributed by atoms with Crippen LogP contribution in [0.15, 0.2) is 12.1 Å². The molecule has 1 fully saturated rings. The lowest BCUT2D eigenvalue weighted by Crippen LogP contribution is -2.13. The maximum Gasteiger partial charge on any atom is 0.455 e. The van der Waals surface area contributed by atoms with Crippen LogP contribution in [0.25, 0.3) is 0 Å². The van der Waals surface area contributed by atoms with Crippen LogP contribution in [0.1, 0.15) is 28.3 Å². The standard InChI is InChI=1S/C10H10BFO5/c12-7-2-1-4(5-3-6(5)11(16)17)9(13)8(7)10(14)15/h1-2,5-6,13,16-17H,3H2,(H,14,15)/p-1/t5-,6-/m1/s1. The Balaban J connectivity index is 2.38. The summed E-state index contributed by atoms with van der Waals surface area (Å²) in [7, 11) is -1.54. The lowest BCUT2D eigenvalue weighted by atomic mass is 9.81. The minimum absolute atomic E-state index is 0.127. The molecule has 2 atom stereocenters. The highest BCUT2D eigenvalue weighted by molar-refractivity contribution is 6.44. The second-order valence-corrected chi connectivity index (χ2v) is 4.07. The highest BCUT2D eigenvalue weighted by atomic mass is 19.1. The zero-order valence-corrected chi connectivity index (χ0v) is 8.63. The zero-order chi connectivity index (χ0) is 12.7. The summed E-state index contributed by atoms with van der Waals surface area (Å²) >= 11 is 0. The summed E-state index contributed by atoms with van der Waals surface area (Å²) in [6, 6.07) is 2.12. The van der Waals surface area contributed by atoms with Gasteiger partial charge in [0.1, 0.15) is 5.82 Å². The maximum atomic E-state index is 13.1. The van der Waals surface area contributed by atoms with Gasteiger partial charge in [-0.05, 0) is 18.4 Å². The van der Waals surface area contributed by atoms with Crippen molar-refractivity contribution in [1.29, 1.82) is 0 Å². The van der Waals surface area contributed by atoms with Crippen molar-refractivity contribution in [1.82, 2.24) is 0 Å². The minimum Gasteiger partial charge on any atom is -0.872 e. The molecule has 0 heterocycles. The Morgan fingerprint density at radius 2 is 2.12 bits per heavy atom. The van der Waals surface area contributed by atoms with Crippen molar-refractivity contribution in [2.75, 3.05) is 0 Å². The predicted molar refractivity (Wildman–Crippen MR) is 54.1 cm³/mol. The molecule has 2 rings (SSSR count). The summed E-state index contributed by atoms with van der Waals surface area (Å²) in [6.07, 6.45) is 0.387. The van der Waals surface area contributed by atoms with Gasteiger partial charge in [-0.3, -0.25) is 0 Å². The Bertz CT molecular complexity index is 476. The van der Waals surface area contributed by atoms with Crippen molar-refractivity contribution >= 4 is 13.1 Å². The molecule has 3 N–H and O–H groups in total. The minimum atomic E-state index is -1.61. The number of carboxylic acid groups (broad SMARTS) is 1. The molecule has 0 saturated heterocycles. The number of rotatable bonds is 3. The molecule has 1 aromatic carbocycles. The highest BCUT2D eigenvalue weighted by Gasteiger charge is 2.46. The smallest absolute Gasteiger partial charge is 0.455 e. The molecule has 0 spiro atoms. The normalized spacial score (nSPS) is 22.3. The third kappa shape index (κ3) is 1.99. The van der Waals surface area contributed by atoms with Crippen LogP contribution in [0.3, 0.4) is 0 Å². The van der Waals surface area contributed by atoms with Crippen molar-refractivity contribution in [2.24, 2.45) is 0 Å². The molecule has 90 valence electrons. The first-order valence-electron chi connectivity index (χ1n) is 5.02. The largest absolute Gasteiger partial charge is 0.872 e. The Kier molecular flexibility index (Phi) is 2.80. The van der Waals surface area contributed by atoms with Gasteiger partial charge >= 0.3 is 13.1 Å². The Hall–Kier alpha value is -1.60. The fourth-order valence-electron chi connectivity index (χ4n) is 1.97. The molecule has 0 radical (unpaired) electrons. The van der Waals surface area contributed by atoms with E-state index >= 15 is 0 Å². The number of halogens is 1. The molecule has 1 aliphatic carbocycles. The van der Waals surface area contributed by atoms with Crippen LogP contribution in [0, 0.1) is 5.82 Å². The van der Waals surface area contributed by atoms with Crippen molar-refractivity contribution in [3.8, 4) is 5.75 Å². The van der Waals surface area contributed by atoms with E-state index in [0.717, 1.165) is 6.07 Å². The number of carboxylic acids is 1. The van der Waals surface area contributed by atoms with Gasteiger partial charge in [0, 0.05) is 5.82 Å². The summed E-state index contributed by atoms with van der Waals surface area (Å²) in [5.74, 6) is -4.45. The lowest BCUT2D eigenvalue weighted by molar-refractivity contribution is -0.270. The van der Waals surface area contributed by atoms with Gasteiger partial charge < -0.3 is 20.3 Å². The molecule has 5 nitrogen and oxygen atoms in total. The fraction of sp³-hybridized carbons (Fsp3) is 0.300. The summed E-state index contributed by atoms with van der Waals surface area (Å²) in [6.45, 7) is 0. The second-order valence-electron chi connectivity index (χ2n) is 4.07. The van der Waals surface area contributed by atoms with Gasteiger partial charge in [0.15, 0.2) is 0 Å². The van der Waals surface area contributed by atoms with Gasteiger partial charge in [-0.15, -0.1) is 0 Å². The van der Waals surface area contributed by atoms with E-state index in [9.17, 15) is 14.3 Å². The van der Waals surface area contributed by atoms with Crippen molar-refractivity contribution < 1.29 is 29.4 Å². The second kappa shape index (κ2) is 4.01. The van der Waals surface area contributed by atoms with Crippen LogP contribution >= 0.6 is 0 Å². The summed E-state index contributed by atoms with van der Waals surface area (Å²) in [5, 5.41) is 38.2. The molecule has 1 aliphatic rings. The lowest BCUT2D eigenvalue weighted by Gasteiger charge is -2.17. The van der Waals surface area contributed by atoms with E-state index in [-0.39, 0.29) is 5.56 Å². The van der Waals surface area contributed by atoms with Gasteiger partial charge in [-0.25, -0.2) is 9.18 Å². The molecule has 17 heavy (non-hydrogen) atoms. The first kappa shape index (κ1) is 11.9. The van der Waals surface area contributed by atoms with Crippen LogP contribution in [-0.2, 0) is 0 Å². The van der Waals surface area contributed by atoms with Crippen molar-refractivity contribution in [3.05, 3.63) is 29.1 Å². The zero-order valence-electron chi connectivity index (χ0n) is 8.63. The number of hydrogen-bond donors (Lipinski definition) is 3. The number of aromatic carboxylic acids is 1. The van der Waals surface area contributed by atoms with E-state index in [4.69, 9.17) is 15.2 Å². The Labute approximate surface area is 96.3 Å². The third-order valence-electron chi connectivity index (χ3n) is 2.97. The van der Waals surface area contributed by atoms with Crippen LogP contribution in [0.4, 0.5) is 4.39 Å². The first-order chi connectivity index (χ1) is 7.93. The SMILES string of the molecule is O=C(O)c1c(F)ccc([C@H]2C[C@H]2B(O)O)c1[O-]. The molecule has 0 unspecified atom stereocenters. The summed E-state index contributed by atoms with van der Waals surface area (Å²) < 4.78 is 13.1. The van der Waals surface area contributed by atoms with E-state index in [1.165, 1.54) is 6.07 Å². The van der Waals surface area contributed by atoms with Crippen LogP contribution in [0.2, 0.25) is 5.82 Å². The topological polar surface area (TPSA) is 101 Å². The van der Waals surface area contributed by atoms with E-state index in [1.807, 2.05) is 0 Å². The molecule has 0 bridgehead atoms. The fourth-order valence-corrected chi connectivity index (χ4v) is 1.97. The molecule has 0 amide bonds. The van der Waals surface area contributed by atoms with Crippen molar-refractivity contribution in [3.63, 3.8) is 0 Å². The van der Waals surface area contributed by atoms with Crippen LogP contribution in [0.5, 0.6) is 5.75 Å². The first-order valence-corrected chi connectivity index (χ1v) is 5.02. The van der Waals surface area contributed by atoms with E-state index in [0.29, 0.717) is 6.42 Å². The molecule has 1 aromatic rings. The maximum absolute atomic E-state index is 13.1. The monoisotopic (exact) mass is 239 g/mol. The van der Waals surface area contributed by atoms with Crippen LogP contribution < -0.4 is 5.11 Å². The third-order valence-corrected chi connectivity index (χ3v) is 2.97. The Morgan fingerprint density at radius 3 is 2.59 bits per heavy atom. The van der Waals surface area contributed by atoms with Gasteiger partial charge in [0.25, 0.3) is 0 Å². The number of carbonyl (C=O) groups is 1. The van der Waals surface area contributed by atoms with Gasteiger partial charge in [0.05, 0.1) is 5.56 Å². The molecule has 0 aliphatic heterocycles. The van der Waals surface area contributed by atoms with E-state index < -0.39 is 42.0 Å². The van der Waals surface area contributed by atoms with Crippen LogP contribution in [-0.4, -0.2) is 28.2 Å². The Morgan fingerprint density at radius 1 is 1.47 bits per heavy atom. The summed E-state index contributed by atoms with van der Waals surface area (Å²) in [5.41, 5.74) is -0.762. The van der Waals surface area contributed by atoms with Gasteiger partial charge in [-0.1, -0.05) is 17.4 Å². The molecule has 1 saturated carbocycles. The quantitative estimate of drug-likeness (QED) is 0.640. The number of hydrogen-bond acceptors (Lipinski definition) is 4. The number of benzene rings is 1. The summed E-state index contributed by atoms with van der Waals surface area (Å²) in [4.78, 5) is 10.7. The molecule has 0 aromatic heterocycles. The van der Waals surface area contributed by atoms with E-state index in [2.05, 4.69) is 0 Å². The average molecular weight is 239 g/mol. The molecular weight excluding hydrogens is 230 g/mol. The average Bonchev–Trinajstić information content (AvgIpc) is 2.96. The molecule has 7 heteroatoms. The highest BCUT2D eigenvalue weighted by Crippen LogP contribution is 2.55. The van der Waals surface area contributed by atoms with Gasteiger partial charge in [0.2, 0.25) is 0 Å². The molecular formula is C10H9BFO5-. The predicted octanol–water partition coefficient (Wildman–Crippen LogP) is -0.0722. The van der Waals surface area contributed by atoms with Crippen molar-refractivity contribution in [2.45, 2.75) is 18.2 Å². The van der Waals surface area contributed by atoms with E-state index in [1.54, 1.807) is 0 Å². The van der Waals surface area contributed by atoms with Gasteiger partial charge in [-0.2, -0.15) is 0 Å².